The minimum Gasteiger partial charge on any atom is -0.396 e. The van der Waals surface area contributed by atoms with Crippen molar-refractivity contribution in [3.63, 3.8) is 0 Å². The first-order valence-electron chi connectivity index (χ1n) is 7.52. The summed E-state index contributed by atoms with van der Waals surface area (Å²) >= 11 is 2.09. The molecule has 0 amide bonds. The van der Waals surface area contributed by atoms with Crippen molar-refractivity contribution in [2.24, 2.45) is 5.92 Å². The van der Waals surface area contributed by atoms with Crippen molar-refractivity contribution >= 4 is 11.8 Å². The van der Waals surface area contributed by atoms with Gasteiger partial charge in [0.1, 0.15) is 0 Å². The first kappa shape index (κ1) is 14.6. The van der Waals surface area contributed by atoms with Crippen LogP contribution >= 0.6 is 11.8 Å². The van der Waals surface area contributed by atoms with Crippen LogP contribution in [0.1, 0.15) is 25.7 Å². The Morgan fingerprint density at radius 1 is 0.944 bits per heavy atom. The van der Waals surface area contributed by atoms with E-state index in [1.807, 2.05) is 0 Å². The first-order chi connectivity index (χ1) is 8.88. The van der Waals surface area contributed by atoms with E-state index < -0.39 is 0 Å². The molecule has 106 valence electrons. The van der Waals surface area contributed by atoms with E-state index in [2.05, 4.69) is 21.6 Å². The molecule has 0 unspecified atom stereocenters. The molecular weight excluding hydrogens is 244 g/mol. The molecule has 2 heterocycles. The number of nitrogens with zero attached hydrogens (tertiary/aromatic N) is 2. The van der Waals surface area contributed by atoms with Crippen molar-refractivity contribution in [1.29, 1.82) is 0 Å². The molecule has 2 saturated heterocycles. The summed E-state index contributed by atoms with van der Waals surface area (Å²) in [5.74, 6) is 3.43. The number of aliphatic hydroxyl groups excluding tert-OH is 1. The monoisotopic (exact) mass is 272 g/mol. The molecule has 0 atom stereocenters. The summed E-state index contributed by atoms with van der Waals surface area (Å²) in [4.78, 5) is 5.24. The molecule has 2 aliphatic rings. The Morgan fingerprint density at radius 3 is 2.17 bits per heavy atom. The van der Waals surface area contributed by atoms with Crippen LogP contribution in [0.3, 0.4) is 0 Å². The molecule has 0 radical (unpaired) electrons. The van der Waals surface area contributed by atoms with Gasteiger partial charge >= 0.3 is 0 Å². The maximum Gasteiger partial charge on any atom is 0.0433 e. The lowest BCUT2D eigenvalue weighted by molar-refractivity contribution is 0.152. The van der Waals surface area contributed by atoms with Gasteiger partial charge in [-0.25, -0.2) is 0 Å². The topological polar surface area (TPSA) is 26.7 Å². The van der Waals surface area contributed by atoms with E-state index in [4.69, 9.17) is 5.11 Å². The molecule has 4 heteroatoms. The van der Waals surface area contributed by atoms with Crippen LogP contribution in [-0.2, 0) is 0 Å². The normalized spacial score (nSPS) is 24.5. The van der Waals surface area contributed by atoms with Gasteiger partial charge in [0, 0.05) is 31.2 Å². The van der Waals surface area contributed by atoms with Gasteiger partial charge in [-0.15, -0.1) is 0 Å². The molecule has 2 fully saturated rings. The highest BCUT2D eigenvalue weighted by Crippen LogP contribution is 2.20. The summed E-state index contributed by atoms with van der Waals surface area (Å²) in [6.45, 7) is 8.03. The van der Waals surface area contributed by atoms with Crippen molar-refractivity contribution in [2.75, 3.05) is 57.4 Å². The van der Waals surface area contributed by atoms with E-state index in [-0.39, 0.29) is 0 Å². The van der Waals surface area contributed by atoms with Crippen LogP contribution in [0.5, 0.6) is 0 Å². The van der Waals surface area contributed by atoms with Gasteiger partial charge in [0.05, 0.1) is 0 Å². The number of aliphatic hydroxyl groups is 1. The fourth-order valence-corrected chi connectivity index (χ4v) is 4.00. The van der Waals surface area contributed by atoms with E-state index >= 15 is 0 Å². The van der Waals surface area contributed by atoms with E-state index in [1.165, 1.54) is 70.0 Å². The summed E-state index contributed by atoms with van der Waals surface area (Å²) in [5, 5.41) is 8.95. The molecule has 2 rings (SSSR count). The number of thioether (sulfide) groups is 1. The van der Waals surface area contributed by atoms with Gasteiger partial charge in [-0.1, -0.05) is 0 Å². The van der Waals surface area contributed by atoms with Gasteiger partial charge in [0.2, 0.25) is 0 Å². The fraction of sp³-hybridized carbons (Fsp3) is 1.00. The van der Waals surface area contributed by atoms with Crippen LogP contribution in [0.25, 0.3) is 0 Å². The molecule has 0 aromatic rings. The Labute approximate surface area is 116 Å². The zero-order chi connectivity index (χ0) is 12.6. The second kappa shape index (κ2) is 8.41. The third-order valence-electron chi connectivity index (χ3n) is 4.30. The Balaban J connectivity index is 1.52. The van der Waals surface area contributed by atoms with Gasteiger partial charge in [0.25, 0.3) is 0 Å². The largest absolute Gasteiger partial charge is 0.396 e. The number of piperidine rings is 1. The highest BCUT2D eigenvalue weighted by molar-refractivity contribution is 7.99. The van der Waals surface area contributed by atoms with Gasteiger partial charge < -0.3 is 14.9 Å². The molecule has 0 bridgehead atoms. The number of hydrogen-bond donors (Lipinski definition) is 1. The highest BCUT2D eigenvalue weighted by atomic mass is 32.2. The van der Waals surface area contributed by atoms with Crippen LogP contribution in [0.4, 0.5) is 0 Å². The van der Waals surface area contributed by atoms with E-state index in [0.29, 0.717) is 6.61 Å². The molecule has 1 N–H and O–H groups in total. The molecular formula is C14H28N2OS. The second-order valence-electron chi connectivity index (χ2n) is 5.60. The lowest BCUT2D eigenvalue weighted by Gasteiger charge is -2.32. The predicted molar refractivity (Wildman–Crippen MR) is 79.2 cm³/mol. The van der Waals surface area contributed by atoms with Crippen LogP contribution in [-0.4, -0.2) is 72.3 Å². The summed E-state index contributed by atoms with van der Waals surface area (Å²) in [6, 6.07) is 0. The average molecular weight is 272 g/mol. The van der Waals surface area contributed by atoms with Crippen molar-refractivity contribution in [2.45, 2.75) is 25.7 Å². The average Bonchev–Trinajstić information content (AvgIpc) is 2.42. The lowest BCUT2D eigenvalue weighted by Crippen LogP contribution is -2.38. The Morgan fingerprint density at radius 2 is 1.56 bits per heavy atom. The Kier molecular flexibility index (Phi) is 6.84. The number of likely N-dealkylation sites (tertiary alicyclic amines) is 1. The highest BCUT2D eigenvalue weighted by Gasteiger charge is 2.18. The number of rotatable bonds is 6. The standard InChI is InChI=1S/C14H28N2OS/c17-11-4-14-2-7-15(8-3-14)5-1-6-16-9-12-18-13-10-16/h14,17H,1-13H2. The van der Waals surface area contributed by atoms with Gasteiger partial charge in [0.15, 0.2) is 0 Å². The fourth-order valence-electron chi connectivity index (χ4n) is 3.02. The van der Waals surface area contributed by atoms with E-state index in [1.54, 1.807) is 0 Å². The van der Waals surface area contributed by atoms with Gasteiger partial charge in [-0.2, -0.15) is 11.8 Å². The summed E-state index contributed by atoms with van der Waals surface area (Å²) < 4.78 is 0. The maximum atomic E-state index is 8.95. The minimum atomic E-state index is 0.373. The van der Waals surface area contributed by atoms with E-state index in [0.717, 1.165) is 12.3 Å². The molecule has 2 aliphatic heterocycles. The van der Waals surface area contributed by atoms with E-state index in [9.17, 15) is 0 Å². The summed E-state index contributed by atoms with van der Waals surface area (Å²) in [7, 11) is 0. The molecule has 0 saturated carbocycles. The predicted octanol–water partition coefficient (Wildman–Crippen LogP) is 1.52. The van der Waals surface area contributed by atoms with Crippen molar-refractivity contribution < 1.29 is 5.11 Å². The second-order valence-corrected chi connectivity index (χ2v) is 6.83. The van der Waals surface area contributed by atoms with Crippen molar-refractivity contribution in [1.82, 2.24) is 9.80 Å². The van der Waals surface area contributed by atoms with Gasteiger partial charge in [-0.05, 0) is 57.8 Å². The quantitative estimate of drug-likeness (QED) is 0.793. The SMILES string of the molecule is OCCC1CCN(CCCN2CCSCC2)CC1. The smallest absolute Gasteiger partial charge is 0.0433 e. The molecule has 0 aromatic heterocycles. The summed E-state index contributed by atoms with van der Waals surface area (Å²) in [6.07, 6.45) is 4.93. The zero-order valence-corrected chi connectivity index (χ0v) is 12.3. The van der Waals surface area contributed by atoms with Gasteiger partial charge in [-0.3, -0.25) is 0 Å². The van der Waals surface area contributed by atoms with Crippen LogP contribution < -0.4 is 0 Å². The van der Waals surface area contributed by atoms with Crippen LogP contribution in [0.2, 0.25) is 0 Å². The summed E-state index contributed by atoms with van der Waals surface area (Å²) in [5.41, 5.74) is 0. The molecule has 0 spiro atoms. The molecule has 3 nitrogen and oxygen atoms in total. The lowest BCUT2D eigenvalue weighted by atomic mass is 9.94. The molecule has 0 aliphatic carbocycles. The molecule has 18 heavy (non-hydrogen) atoms. The Bertz CT molecular complexity index is 214. The third-order valence-corrected chi connectivity index (χ3v) is 5.24. The Hall–Kier alpha value is 0.230. The first-order valence-corrected chi connectivity index (χ1v) is 8.67. The van der Waals surface area contributed by atoms with Crippen LogP contribution in [0, 0.1) is 5.92 Å². The number of hydrogen-bond acceptors (Lipinski definition) is 4. The minimum absolute atomic E-state index is 0.373. The van der Waals surface area contributed by atoms with Crippen molar-refractivity contribution in [3.05, 3.63) is 0 Å². The van der Waals surface area contributed by atoms with Crippen molar-refractivity contribution in [3.8, 4) is 0 Å². The molecule has 0 aromatic carbocycles. The zero-order valence-electron chi connectivity index (χ0n) is 11.5. The van der Waals surface area contributed by atoms with Crippen LogP contribution in [0.15, 0.2) is 0 Å². The third kappa shape index (κ3) is 5.08. The maximum absolute atomic E-state index is 8.95.